The zero-order valence-electron chi connectivity index (χ0n) is 10.5. The van der Waals surface area contributed by atoms with Crippen LogP contribution in [0.4, 0.5) is 0 Å². The highest BCUT2D eigenvalue weighted by Gasteiger charge is 2.41. The molecule has 1 aliphatic heterocycles. The van der Waals surface area contributed by atoms with E-state index in [9.17, 15) is 5.11 Å². The zero-order valence-corrected chi connectivity index (χ0v) is 10.5. The molecular formula is C14H22N2O. The minimum absolute atomic E-state index is 0.334. The van der Waals surface area contributed by atoms with Gasteiger partial charge in [-0.25, -0.2) is 0 Å². The standard InChI is InChI=1S/C14H22N2O/c1-2-14(17,11-15)13-9-16(10-13)8-12-6-4-3-5-7-12/h3-7,13,17H,2,8-11,15H2,1H3. The first kappa shape index (κ1) is 12.6. The quantitative estimate of drug-likeness (QED) is 0.805. The number of nitrogens with zero attached hydrogens (tertiary/aromatic N) is 1. The molecular weight excluding hydrogens is 212 g/mol. The van der Waals surface area contributed by atoms with Gasteiger partial charge in [0.2, 0.25) is 0 Å². The first-order valence-corrected chi connectivity index (χ1v) is 6.36. The average Bonchev–Trinajstić information content (AvgIpc) is 2.34. The molecule has 3 N–H and O–H groups in total. The second kappa shape index (κ2) is 5.17. The van der Waals surface area contributed by atoms with Crippen LogP contribution in [0.5, 0.6) is 0 Å². The van der Waals surface area contributed by atoms with Crippen molar-refractivity contribution in [3.63, 3.8) is 0 Å². The van der Waals surface area contributed by atoms with Gasteiger partial charge in [0.15, 0.2) is 0 Å². The smallest absolute Gasteiger partial charge is 0.0819 e. The van der Waals surface area contributed by atoms with E-state index in [0.29, 0.717) is 12.5 Å². The van der Waals surface area contributed by atoms with Crippen molar-refractivity contribution in [3.05, 3.63) is 35.9 Å². The Morgan fingerprint density at radius 3 is 2.53 bits per heavy atom. The first-order valence-electron chi connectivity index (χ1n) is 6.36. The summed E-state index contributed by atoms with van der Waals surface area (Å²) in [6, 6.07) is 10.4. The maximum Gasteiger partial charge on any atom is 0.0819 e. The van der Waals surface area contributed by atoms with Crippen molar-refractivity contribution < 1.29 is 5.11 Å². The van der Waals surface area contributed by atoms with E-state index in [1.807, 2.05) is 13.0 Å². The highest BCUT2D eigenvalue weighted by molar-refractivity contribution is 5.15. The van der Waals surface area contributed by atoms with Gasteiger partial charge in [0.25, 0.3) is 0 Å². The molecule has 1 unspecified atom stereocenters. The fraction of sp³-hybridized carbons (Fsp3) is 0.571. The molecule has 0 amide bonds. The summed E-state index contributed by atoms with van der Waals surface area (Å²) in [5, 5.41) is 10.3. The Morgan fingerprint density at radius 2 is 2.00 bits per heavy atom. The monoisotopic (exact) mass is 234 g/mol. The van der Waals surface area contributed by atoms with Gasteiger partial charge in [-0.05, 0) is 12.0 Å². The van der Waals surface area contributed by atoms with Gasteiger partial charge in [-0.15, -0.1) is 0 Å². The number of hydrogen-bond donors (Lipinski definition) is 2. The SMILES string of the molecule is CCC(O)(CN)C1CN(Cc2ccccc2)C1. The van der Waals surface area contributed by atoms with Crippen molar-refractivity contribution in [1.82, 2.24) is 4.90 Å². The molecule has 3 nitrogen and oxygen atoms in total. The van der Waals surface area contributed by atoms with E-state index in [1.165, 1.54) is 5.56 Å². The molecule has 0 aliphatic carbocycles. The molecule has 0 bridgehead atoms. The Bertz CT molecular complexity index is 342. The molecule has 0 radical (unpaired) electrons. The summed E-state index contributed by atoms with van der Waals surface area (Å²) in [5.41, 5.74) is 6.33. The number of rotatable bonds is 5. The van der Waals surface area contributed by atoms with Crippen LogP contribution >= 0.6 is 0 Å². The molecule has 1 fully saturated rings. The second-order valence-electron chi connectivity index (χ2n) is 5.04. The lowest BCUT2D eigenvalue weighted by molar-refractivity contribution is -0.0848. The van der Waals surface area contributed by atoms with Gasteiger partial charge in [-0.1, -0.05) is 37.3 Å². The molecule has 1 aliphatic rings. The summed E-state index contributed by atoms with van der Waals surface area (Å²) >= 11 is 0. The van der Waals surface area contributed by atoms with Gasteiger partial charge in [0.05, 0.1) is 5.60 Å². The summed E-state index contributed by atoms with van der Waals surface area (Å²) in [6.45, 7) is 5.26. The Morgan fingerprint density at radius 1 is 1.35 bits per heavy atom. The van der Waals surface area contributed by atoms with Gasteiger partial charge < -0.3 is 10.8 Å². The fourth-order valence-corrected chi connectivity index (χ4v) is 2.48. The molecule has 17 heavy (non-hydrogen) atoms. The largest absolute Gasteiger partial charge is 0.388 e. The minimum atomic E-state index is -0.660. The number of nitrogens with two attached hydrogens (primary N) is 1. The highest BCUT2D eigenvalue weighted by Crippen LogP contribution is 2.30. The predicted molar refractivity (Wildman–Crippen MR) is 69.5 cm³/mol. The van der Waals surface area contributed by atoms with Crippen molar-refractivity contribution in [2.75, 3.05) is 19.6 Å². The number of likely N-dealkylation sites (tertiary alicyclic amines) is 1. The second-order valence-corrected chi connectivity index (χ2v) is 5.04. The van der Waals surface area contributed by atoms with Crippen molar-refractivity contribution in [1.29, 1.82) is 0 Å². The van der Waals surface area contributed by atoms with Crippen LogP contribution in [-0.2, 0) is 6.54 Å². The van der Waals surface area contributed by atoms with Crippen molar-refractivity contribution in [2.45, 2.75) is 25.5 Å². The summed E-state index contributed by atoms with van der Waals surface area (Å²) in [4.78, 5) is 2.36. The third-order valence-corrected chi connectivity index (χ3v) is 3.93. The molecule has 1 heterocycles. The van der Waals surface area contributed by atoms with E-state index in [1.54, 1.807) is 0 Å². The van der Waals surface area contributed by atoms with Gasteiger partial charge in [0, 0.05) is 32.1 Å². The lowest BCUT2D eigenvalue weighted by Crippen LogP contribution is -2.59. The number of benzene rings is 1. The molecule has 2 rings (SSSR count). The van der Waals surface area contributed by atoms with Crippen molar-refractivity contribution in [3.8, 4) is 0 Å². The van der Waals surface area contributed by atoms with Crippen LogP contribution in [0.25, 0.3) is 0 Å². The van der Waals surface area contributed by atoms with Crippen LogP contribution in [0, 0.1) is 5.92 Å². The molecule has 3 heteroatoms. The first-order chi connectivity index (χ1) is 8.18. The Balaban J connectivity index is 1.83. The van der Waals surface area contributed by atoms with E-state index in [2.05, 4.69) is 29.2 Å². The van der Waals surface area contributed by atoms with E-state index in [-0.39, 0.29) is 0 Å². The highest BCUT2D eigenvalue weighted by atomic mass is 16.3. The molecule has 1 saturated heterocycles. The zero-order chi connectivity index (χ0) is 12.3. The van der Waals surface area contributed by atoms with Crippen LogP contribution in [-0.4, -0.2) is 35.2 Å². The van der Waals surface area contributed by atoms with E-state index >= 15 is 0 Å². The lowest BCUT2D eigenvalue weighted by Gasteiger charge is -2.47. The molecule has 94 valence electrons. The van der Waals surface area contributed by atoms with Gasteiger partial charge >= 0.3 is 0 Å². The summed E-state index contributed by atoms with van der Waals surface area (Å²) < 4.78 is 0. The van der Waals surface area contributed by atoms with Crippen LogP contribution in [0.15, 0.2) is 30.3 Å². The normalized spacial score (nSPS) is 20.9. The Labute approximate surface area is 103 Å². The Kier molecular flexibility index (Phi) is 3.82. The third kappa shape index (κ3) is 2.68. The molecule has 1 aromatic carbocycles. The molecule has 0 spiro atoms. The maximum absolute atomic E-state index is 10.3. The summed E-state index contributed by atoms with van der Waals surface area (Å²) in [7, 11) is 0. The lowest BCUT2D eigenvalue weighted by atomic mass is 9.79. The van der Waals surface area contributed by atoms with E-state index in [0.717, 1.165) is 26.1 Å². The van der Waals surface area contributed by atoms with Crippen LogP contribution in [0.2, 0.25) is 0 Å². The van der Waals surface area contributed by atoms with E-state index < -0.39 is 5.60 Å². The average molecular weight is 234 g/mol. The fourth-order valence-electron chi connectivity index (χ4n) is 2.48. The molecule has 0 saturated carbocycles. The Hall–Kier alpha value is -0.900. The van der Waals surface area contributed by atoms with Gasteiger partial charge in [-0.3, -0.25) is 4.90 Å². The summed E-state index contributed by atoms with van der Waals surface area (Å²) in [5.74, 6) is 0.334. The van der Waals surface area contributed by atoms with Crippen LogP contribution in [0.1, 0.15) is 18.9 Å². The molecule has 1 atom stereocenters. The van der Waals surface area contributed by atoms with Crippen molar-refractivity contribution >= 4 is 0 Å². The molecule has 1 aromatic rings. The van der Waals surface area contributed by atoms with E-state index in [4.69, 9.17) is 5.73 Å². The predicted octanol–water partition coefficient (Wildman–Crippen LogP) is 1.22. The molecule has 0 aromatic heterocycles. The minimum Gasteiger partial charge on any atom is -0.388 e. The van der Waals surface area contributed by atoms with Gasteiger partial charge in [0.1, 0.15) is 0 Å². The van der Waals surface area contributed by atoms with Crippen LogP contribution < -0.4 is 5.73 Å². The van der Waals surface area contributed by atoms with Gasteiger partial charge in [-0.2, -0.15) is 0 Å². The number of hydrogen-bond acceptors (Lipinski definition) is 3. The number of aliphatic hydroxyl groups is 1. The van der Waals surface area contributed by atoms with Crippen LogP contribution in [0.3, 0.4) is 0 Å². The third-order valence-electron chi connectivity index (χ3n) is 3.93. The topological polar surface area (TPSA) is 49.5 Å². The van der Waals surface area contributed by atoms with Crippen molar-refractivity contribution in [2.24, 2.45) is 11.7 Å². The maximum atomic E-state index is 10.3. The summed E-state index contributed by atoms with van der Waals surface area (Å²) in [6.07, 6.45) is 0.743.